The van der Waals surface area contributed by atoms with Crippen LogP contribution in [0.15, 0.2) is 24.3 Å². The Hall–Kier alpha value is -1.63. The van der Waals surface area contributed by atoms with E-state index in [-0.39, 0.29) is 0 Å². The summed E-state index contributed by atoms with van der Waals surface area (Å²) < 4.78 is 17.0. The van der Waals surface area contributed by atoms with Crippen molar-refractivity contribution in [3.8, 4) is 22.9 Å². The quantitative estimate of drug-likeness (QED) is 0.251. The molecule has 0 aliphatic heterocycles. The first-order valence-corrected chi connectivity index (χ1v) is 17.8. The summed E-state index contributed by atoms with van der Waals surface area (Å²) in [7, 11) is -4.42. The predicted molar refractivity (Wildman–Crippen MR) is 157 cm³/mol. The Morgan fingerprint density at radius 1 is 0.743 bits per heavy atom. The van der Waals surface area contributed by atoms with Gasteiger partial charge in [0.15, 0.2) is 0 Å². The zero-order chi connectivity index (χ0) is 27.4. The van der Waals surface area contributed by atoms with Crippen molar-refractivity contribution in [3.05, 3.63) is 35.4 Å². The second kappa shape index (κ2) is 12.1. The summed E-state index contributed by atoms with van der Waals surface area (Å²) in [6, 6.07) is 7.14. The van der Waals surface area contributed by atoms with Crippen molar-refractivity contribution in [1.82, 2.24) is 0 Å². The van der Waals surface area contributed by atoms with Crippen molar-refractivity contribution >= 4 is 21.9 Å². The van der Waals surface area contributed by atoms with Gasteiger partial charge in [0, 0.05) is 5.56 Å². The van der Waals surface area contributed by atoms with Gasteiger partial charge in [-0.3, -0.25) is 4.79 Å². The topological polar surface area (TPSA) is 17.1 Å². The van der Waals surface area contributed by atoms with E-state index in [9.17, 15) is 4.79 Å². The van der Waals surface area contributed by atoms with Gasteiger partial charge in [-0.25, -0.2) is 4.39 Å². The Morgan fingerprint density at radius 3 is 1.51 bits per heavy atom. The number of aryl methyl sites for hydroxylation is 1. The highest BCUT2D eigenvalue weighted by atomic mass is 28.3. The van der Waals surface area contributed by atoms with Crippen LogP contribution in [0.25, 0.3) is 0 Å². The van der Waals surface area contributed by atoms with E-state index < -0.39 is 27.6 Å². The molecular weight excluding hydrogens is 464 g/mol. The first-order valence-electron chi connectivity index (χ1n) is 13.4. The molecule has 1 atom stereocenters. The number of rotatable bonds is 8. The molecule has 0 N–H and O–H groups in total. The van der Waals surface area contributed by atoms with Gasteiger partial charge in [-0.05, 0) is 46.1 Å². The summed E-state index contributed by atoms with van der Waals surface area (Å²) in [6.07, 6.45) is 0. The minimum absolute atomic E-state index is 0.300. The smallest absolute Gasteiger partial charge is 0.265 e. The molecule has 4 heteroatoms. The summed E-state index contributed by atoms with van der Waals surface area (Å²) >= 11 is 0. The second-order valence-corrected chi connectivity index (χ2v) is 23.3. The van der Waals surface area contributed by atoms with Crippen LogP contribution in [0, 0.1) is 29.9 Å². The molecule has 35 heavy (non-hydrogen) atoms. The maximum atomic E-state index is 17.0. The number of carbonyl (C=O) groups is 1. The van der Waals surface area contributed by atoms with E-state index in [1.54, 1.807) is 18.2 Å². The summed E-state index contributed by atoms with van der Waals surface area (Å²) in [5.74, 6) is 5.10. The molecule has 1 aromatic rings. The molecule has 0 fully saturated rings. The molecule has 0 spiro atoms. The predicted octanol–water partition coefficient (Wildman–Crippen LogP) is 9.17. The van der Waals surface area contributed by atoms with Crippen LogP contribution in [-0.2, 0) is 10.5 Å². The van der Waals surface area contributed by atoms with E-state index in [0.29, 0.717) is 38.8 Å². The highest BCUT2D eigenvalue weighted by Gasteiger charge is 2.45. The zero-order valence-corrected chi connectivity index (χ0v) is 26.6. The van der Waals surface area contributed by atoms with Gasteiger partial charge >= 0.3 is 0 Å². The molecule has 0 heterocycles. The normalized spacial score (nSPS) is 14.3. The van der Waals surface area contributed by atoms with Gasteiger partial charge < -0.3 is 0 Å². The fraction of sp³-hybridized carbons (Fsp3) is 0.645. The molecule has 0 aliphatic carbocycles. The van der Waals surface area contributed by atoms with E-state index in [4.69, 9.17) is 0 Å². The first kappa shape index (κ1) is 31.4. The molecule has 0 aliphatic rings. The van der Waals surface area contributed by atoms with Gasteiger partial charge in [-0.2, -0.15) is 0 Å². The summed E-state index contributed by atoms with van der Waals surface area (Å²) in [6.45, 7) is 28.3. The molecule has 0 amide bonds. The van der Waals surface area contributed by atoms with Crippen molar-refractivity contribution in [1.29, 1.82) is 0 Å². The third-order valence-electron chi connectivity index (χ3n) is 8.30. The Labute approximate surface area is 218 Å². The third kappa shape index (κ3) is 6.21. The lowest BCUT2D eigenvalue weighted by atomic mass is 9.91. The van der Waals surface area contributed by atoms with Crippen LogP contribution in [0.4, 0.5) is 4.39 Å². The van der Waals surface area contributed by atoms with Crippen molar-refractivity contribution in [3.63, 3.8) is 0 Å². The lowest BCUT2D eigenvalue weighted by Crippen LogP contribution is -2.44. The molecule has 0 unspecified atom stereocenters. The number of Topliss-reactive ketones (excluding diaryl/α,β-unsaturated/α-hetero) is 1. The van der Waals surface area contributed by atoms with Gasteiger partial charge in [0.1, 0.15) is 16.1 Å². The number of alkyl halides is 1. The van der Waals surface area contributed by atoms with Crippen molar-refractivity contribution in [2.45, 2.75) is 129 Å². The molecule has 1 nitrogen and oxygen atoms in total. The Kier molecular flexibility index (Phi) is 10.8. The lowest BCUT2D eigenvalue weighted by Gasteiger charge is -2.38. The molecule has 1 rings (SSSR count). The van der Waals surface area contributed by atoms with Crippen LogP contribution < -0.4 is 0 Å². The van der Waals surface area contributed by atoms with Gasteiger partial charge in [-0.15, -0.1) is 11.1 Å². The number of halogens is 1. The molecule has 0 aromatic heterocycles. The third-order valence-corrected chi connectivity index (χ3v) is 20.9. The minimum atomic E-state index is -2.43. The molecule has 0 saturated heterocycles. The minimum Gasteiger partial charge on any atom is -0.280 e. The number of hydrogen-bond acceptors (Lipinski definition) is 1. The van der Waals surface area contributed by atoms with Gasteiger partial charge in [0.05, 0.1) is 0 Å². The average molecular weight is 513 g/mol. The van der Waals surface area contributed by atoms with Crippen molar-refractivity contribution < 1.29 is 9.18 Å². The van der Waals surface area contributed by atoms with Crippen LogP contribution in [0.1, 0.15) is 94.2 Å². The first-order chi connectivity index (χ1) is 16.0. The van der Waals surface area contributed by atoms with Crippen LogP contribution in [0.3, 0.4) is 0 Å². The maximum Gasteiger partial charge on any atom is 0.265 e. The van der Waals surface area contributed by atoms with E-state index >= 15 is 4.39 Å². The molecular formula is C31H49FOSi2. The second-order valence-electron chi connectivity index (χ2n) is 12.2. The Bertz CT molecular complexity index is 954. The van der Waals surface area contributed by atoms with E-state index in [2.05, 4.69) is 106 Å². The summed E-state index contributed by atoms with van der Waals surface area (Å²) in [4.78, 5) is 13.7. The number of ketones is 1. The van der Waals surface area contributed by atoms with Gasteiger partial charge in [0.25, 0.3) is 11.5 Å². The molecule has 0 bridgehead atoms. The lowest BCUT2D eigenvalue weighted by molar-refractivity contribution is -0.121. The average Bonchev–Trinajstić information content (AvgIpc) is 2.72. The molecule has 0 saturated carbocycles. The summed E-state index contributed by atoms with van der Waals surface area (Å²) in [5, 5.41) is 0. The highest BCUT2D eigenvalue weighted by molar-refractivity contribution is 6.91. The van der Waals surface area contributed by atoms with Crippen LogP contribution in [-0.4, -0.2) is 21.9 Å². The fourth-order valence-corrected chi connectivity index (χ4v) is 16.9. The molecule has 194 valence electrons. The molecule has 0 radical (unpaired) electrons. The Morgan fingerprint density at radius 2 is 1.14 bits per heavy atom. The number of hydrogen-bond donors (Lipinski definition) is 0. The maximum absolute atomic E-state index is 17.0. The monoisotopic (exact) mass is 512 g/mol. The van der Waals surface area contributed by atoms with Crippen molar-refractivity contribution in [2.75, 3.05) is 0 Å². The highest BCUT2D eigenvalue weighted by Crippen LogP contribution is 2.42. The number of benzene rings is 1. The van der Waals surface area contributed by atoms with E-state index in [1.165, 1.54) is 0 Å². The fourth-order valence-electron chi connectivity index (χ4n) is 6.43. The van der Waals surface area contributed by atoms with Gasteiger partial charge in [0.2, 0.25) is 0 Å². The van der Waals surface area contributed by atoms with E-state index in [0.717, 1.165) is 5.56 Å². The largest absolute Gasteiger partial charge is 0.280 e. The zero-order valence-electron chi connectivity index (χ0n) is 24.6. The van der Waals surface area contributed by atoms with Crippen molar-refractivity contribution in [2.24, 2.45) is 0 Å². The SMILES string of the molecule is Cc1cccc([C@@](F)(C#C[Si](C(C)C)(C(C)C)C(C)C)C(=O)C#C[Si](C(C)C)(C(C)C)C(C)C)c1. The van der Waals surface area contributed by atoms with Crippen LogP contribution in [0.2, 0.25) is 33.2 Å². The van der Waals surface area contributed by atoms with Gasteiger partial charge in [-0.1, -0.05) is 119 Å². The number of carbonyl (C=O) groups excluding carboxylic acids is 1. The van der Waals surface area contributed by atoms with Crippen LogP contribution >= 0.6 is 0 Å². The molecule has 1 aromatic carbocycles. The summed E-state index contributed by atoms with van der Waals surface area (Å²) in [5.41, 5.74) is 7.82. The van der Waals surface area contributed by atoms with Crippen LogP contribution in [0.5, 0.6) is 0 Å². The Balaban J connectivity index is 3.90. The standard InChI is InChI=1S/C31H49FOSi2/c1-22(2)34(23(3)4,24(5)6)19-17-30(33)31(32,29-16-14-15-28(13)21-29)18-20-35(25(7)8,26(9)10)27(11)12/h14-16,21-27H,1-13H3/t31-/m0/s1. The van der Waals surface area contributed by atoms with E-state index in [1.807, 2.05) is 13.0 Å².